The van der Waals surface area contributed by atoms with Gasteiger partial charge in [0, 0.05) is 43.5 Å². The van der Waals surface area contributed by atoms with Crippen molar-refractivity contribution in [3.05, 3.63) is 0 Å². The molecule has 3 fully saturated rings. The Balaban J connectivity index is 2.14. The number of Topliss-reactive ketones (excluding diaryl/α,β-unsaturated/α-hetero) is 1. The van der Waals surface area contributed by atoms with Crippen LogP contribution >= 0.6 is 0 Å². The number of rotatable bonds is 7. The van der Waals surface area contributed by atoms with Crippen LogP contribution in [0, 0.1) is 23.7 Å². The lowest BCUT2D eigenvalue weighted by Gasteiger charge is -2.48. The highest BCUT2D eigenvalue weighted by atomic mass is 16.7. The van der Waals surface area contributed by atoms with Crippen LogP contribution in [0.4, 0.5) is 4.79 Å². The van der Waals surface area contributed by atoms with Crippen molar-refractivity contribution >= 4 is 17.8 Å². The van der Waals surface area contributed by atoms with Gasteiger partial charge >= 0.3 is 12.1 Å². The predicted molar refractivity (Wildman–Crippen MR) is 174 cm³/mol. The number of cyclic esters (lactones) is 1. The number of ether oxygens (including phenoxy) is 5. The Bertz CT molecular complexity index is 1110. The number of hydrogen-bond donors (Lipinski definition) is 3. The number of likely N-dealkylation sites (N-methyl/N-ethyl adjacent to an activating group) is 1. The predicted octanol–water partition coefficient (Wildman–Crippen LogP) is 2.33. The second kappa shape index (κ2) is 15.3. The number of fused-ring (bicyclic) bond motifs is 1. The van der Waals surface area contributed by atoms with E-state index in [2.05, 4.69) is 0 Å². The summed E-state index contributed by atoms with van der Waals surface area (Å²) in [5, 5.41) is 23.1. The van der Waals surface area contributed by atoms with Gasteiger partial charge in [0.1, 0.15) is 18.0 Å². The molecule has 47 heavy (non-hydrogen) atoms. The van der Waals surface area contributed by atoms with Gasteiger partial charge in [0.25, 0.3) is 0 Å². The Morgan fingerprint density at radius 3 is 2.21 bits per heavy atom. The third kappa shape index (κ3) is 7.97. The minimum atomic E-state index is -1.37. The third-order valence-electron chi connectivity index (χ3n) is 10.9. The molecule has 3 heterocycles. The minimum absolute atomic E-state index is 0.143. The van der Waals surface area contributed by atoms with Crippen LogP contribution in [0.25, 0.3) is 0 Å². The Labute approximate surface area is 280 Å². The van der Waals surface area contributed by atoms with E-state index >= 15 is 0 Å². The summed E-state index contributed by atoms with van der Waals surface area (Å²) in [6.07, 6.45) is -5.00. The quantitative estimate of drug-likeness (QED) is 0.338. The fourth-order valence-corrected chi connectivity index (χ4v) is 8.13. The maximum atomic E-state index is 14.4. The number of carbonyl (C=O) groups is 3. The zero-order chi connectivity index (χ0) is 35.8. The zero-order valence-corrected chi connectivity index (χ0v) is 30.5. The molecule has 0 saturated carbocycles. The molecule has 3 aliphatic heterocycles. The van der Waals surface area contributed by atoms with Crippen LogP contribution in [-0.4, -0.2) is 132 Å². The molecule has 0 unspecified atom stereocenters. The molecule has 0 spiro atoms. The third-order valence-corrected chi connectivity index (χ3v) is 10.9. The average molecular weight is 672 g/mol. The molecule has 0 aromatic rings. The first-order valence-corrected chi connectivity index (χ1v) is 17.1. The van der Waals surface area contributed by atoms with Crippen LogP contribution < -0.4 is 5.73 Å². The van der Waals surface area contributed by atoms with Crippen molar-refractivity contribution in [3.8, 4) is 0 Å². The molecule has 4 N–H and O–H groups in total. The van der Waals surface area contributed by atoms with Gasteiger partial charge < -0.3 is 44.5 Å². The Morgan fingerprint density at radius 1 is 1.06 bits per heavy atom. The van der Waals surface area contributed by atoms with Gasteiger partial charge in [0.2, 0.25) is 0 Å². The van der Waals surface area contributed by atoms with Crippen molar-refractivity contribution in [1.29, 1.82) is 0 Å². The molecular weight excluding hydrogens is 610 g/mol. The molecule has 1 amide bonds. The second-order valence-electron chi connectivity index (χ2n) is 15.0. The van der Waals surface area contributed by atoms with Crippen LogP contribution in [0.15, 0.2) is 0 Å². The fourth-order valence-electron chi connectivity index (χ4n) is 8.13. The first kappa shape index (κ1) is 39.6. The van der Waals surface area contributed by atoms with E-state index in [-0.39, 0.29) is 30.9 Å². The lowest BCUT2D eigenvalue weighted by molar-refractivity contribution is -0.301. The van der Waals surface area contributed by atoms with E-state index in [4.69, 9.17) is 29.4 Å². The van der Waals surface area contributed by atoms with Crippen molar-refractivity contribution in [1.82, 2.24) is 9.80 Å². The number of carbonyl (C=O) groups excluding carboxylic acids is 3. The first-order chi connectivity index (χ1) is 21.7. The second-order valence-corrected chi connectivity index (χ2v) is 15.0. The summed E-state index contributed by atoms with van der Waals surface area (Å²) in [4.78, 5) is 44.9. The number of ketones is 1. The average Bonchev–Trinajstić information content (AvgIpc) is 3.25. The largest absolute Gasteiger partial charge is 0.458 e. The molecule has 13 heteroatoms. The van der Waals surface area contributed by atoms with E-state index < -0.39 is 89.7 Å². The maximum Gasteiger partial charge on any atom is 0.410 e. The number of aliphatic hydroxyl groups is 2. The zero-order valence-electron chi connectivity index (χ0n) is 30.5. The van der Waals surface area contributed by atoms with Gasteiger partial charge in [-0.25, -0.2) is 4.79 Å². The van der Waals surface area contributed by atoms with E-state index in [0.29, 0.717) is 12.8 Å². The molecule has 272 valence electrons. The summed E-state index contributed by atoms with van der Waals surface area (Å²) in [5.41, 5.74) is 3.58. The van der Waals surface area contributed by atoms with Gasteiger partial charge in [-0.05, 0) is 68.0 Å². The number of esters is 1. The highest BCUT2D eigenvalue weighted by molar-refractivity contribution is 5.85. The van der Waals surface area contributed by atoms with Gasteiger partial charge in [-0.2, -0.15) is 0 Å². The van der Waals surface area contributed by atoms with Crippen LogP contribution in [-0.2, 0) is 33.3 Å². The van der Waals surface area contributed by atoms with Crippen molar-refractivity contribution < 1.29 is 48.3 Å². The molecule has 13 nitrogen and oxygen atoms in total. The van der Waals surface area contributed by atoms with E-state index in [1.807, 2.05) is 32.8 Å². The Morgan fingerprint density at radius 2 is 1.68 bits per heavy atom. The standard InChI is InChI=1S/C34H61N3O10/c1-13-24-34(9)28(37(16-18(3)35)32(42)47-34)20(5)25(38)17(2)15-33(8,43-12)29(21(6)26(39)22(7)30(41)45-24)46-31-27(40)23(36(10)11)14-19(4)44-31/h17-24,26-29,31,39-40H,13-16,35H2,1-12H3/t17-,18+,19-,20+,21+,22-,23+,24-,26+,27-,28-,29-,31+,33-,34-/m1/s1. The molecule has 0 aromatic carbocycles. The smallest absolute Gasteiger partial charge is 0.410 e. The first-order valence-electron chi connectivity index (χ1n) is 17.1. The van der Waals surface area contributed by atoms with Crippen molar-refractivity contribution in [2.24, 2.45) is 29.4 Å². The molecule has 0 aromatic heterocycles. The van der Waals surface area contributed by atoms with Gasteiger partial charge in [-0.15, -0.1) is 0 Å². The number of nitrogens with zero attached hydrogens (tertiary/aromatic N) is 2. The summed E-state index contributed by atoms with van der Waals surface area (Å²) in [6, 6.07) is -1.44. The topological polar surface area (TPSA) is 170 Å². The summed E-state index contributed by atoms with van der Waals surface area (Å²) in [5.74, 6) is -3.93. The van der Waals surface area contributed by atoms with Crippen molar-refractivity contribution in [2.75, 3.05) is 27.7 Å². The molecular formula is C34H61N3O10. The van der Waals surface area contributed by atoms with Gasteiger partial charge in [-0.1, -0.05) is 27.7 Å². The SMILES string of the molecule is CC[C@H]1OC(=O)[C@H](C)[C@@H](O)[C@H](C)[C@@H](O[C@@H]2O[C@H](C)C[C@H](N(C)C)[C@H]2O)[C@](C)(OC)C[C@@H](C)C(=O)[C@H](C)[C@H]2N(C[C@H](C)N)C(=O)O[C@]12C. The molecule has 0 bridgehead atoms. The number of nitrogens with two attached hydrogens (primary N) is 1. The Hall–Kier alpha value is -1.87. The summed E-state index contributed by atoms with van der Waals surface area (Å²) in [6.45, 7) is 16.0. The van der Waals surface area contributed by atoms with Gasteiger partial charge in [0.05, 0.1) is 35.9 Å². The van der Waals surface area contributed by atoms with E-state index in [1.165, 1.54) is 12.0 Å². The highest BCUT2D eigenvalue weighted by Gasteiger charge is 2.60. The minimum Gasteiger partial charge on any atom is -0.458 e. The summed E-state index contributed by atoms with van der Waals surface area (Å²) < 4.78 is 30.9. The van der Waals surface area contributed by atoms with Crippen molar-refractivity contribution in [2.45, 2.75) is 148 Å². The normalized spacial score (nSPS) is 44.9. The lowest BCUT2D eigenvalue weighted by Crippen LogP contribution is -2.61. The monoisotopic (exact) mass is 671 g/mol. The van der Waals surface area contributed by atoms with Gasteiger partial charge in [0.15, 0.2) is 11.9 Å². The number of methoxy groups -OCH3 is 1. The molecule has 3 saturated heterocycles. The number of hydrogen-bond acceptors (Lipinski definition) is 12. The number of aliphatic hydroxyl groups excluding tert-OH is 2. The summed E-state index contributed by atoms with van der Waals surface area (Å²) >= 11 is 0. The fraction of sp³-hybridized carbons (Fsp3) is 0.912. The van der Waals surface area contributed by atoms with E-state index in [1.54, 1.807) is 48.5 Å². The van der Waals surface area contributed by atoms with E-state index in [0.717, 1.165) is 0 Å². The molecule has 3 aliphatic rings. The van der Waals surface area contributed by atoms with Crippen LogP contribution in [0.2, 0.25) is 0 Å². The molecule has 0 radical (unpaired) electrons. The van der Waals surface area contributed by atoms with Crippen LogP contribution in [0.3, 0.4) is 0 Å². The number of amides is 1. The van der Waals surface area contributed by atoms with Crippen molar-refractivity contribution in [3.63, 3.8) is 0 Å². The van der Waals surface area contributed by atoms with Gasteiger partial charge in [-0.3, -0.25) is 14.5 Å². The molecule has 3 rings (SSSR count). The highest BCUT2D eigenvalue weighted by Crippen LogP contribution is 2.43. The maximum absolute atomic E-state index is 14.4. The Kier molecular flexibility index (Phi) is 12.9. The molecule has 15 atom stereocenters. The van der Waals surface area contributed by atoms with E-state index in [9.17, 15) is 24.6 Å². The molecule has 0 aliphatic carbocycles. The lowest BCUT2D eigenvalue weighted by atomic mass is 9.73. The van der Waals surface area contributed by atoms with Crippen LogP contribution in [0.5, 0.6) is 0 Å². The summed E-state index contributed by atoms with van der Waals surface area (Å²) in [7, 11) is 5.27. The van der Waals surface area contributed by atoms with Crippen LogP contribution in [0.1, 0.15) is 81.6 Å².